The monoisotopic (exact) mass is 196 g/mol. The van der Waals surface area contributed by atoms with E-state index in [1.165, 1.54) is 0 Å². The Hall–Kier alpha value is -1.12. The van der Waals surface area contributed by atoms with E-state index in [2.05, 4.69) is 6.58 Å². The number of carbonyl (C=O) groups excluding carboxylic acids is 2. The average Bonchev–Trinajstić information content (AvgIpc) is 2.47. The molecule has 2 atom stereocenters. The first-order chi connectivity index (χ1) is 6.57. The van der Waals surface area contributed by atoms with Gasteiger partial charge in [0, 0.05) is 6.42 Å². The van der Waals surface area contributed by atoms with Crippen LogP contribution in [0.5, 0.6) is 0 Å². The molecule has 0 bridgehead atoms. The third-order valence-corrected chi connectivity index (χ3v) is 2.62. The van der Waals surface area contributed by atoms with Gasteiger partial charge in [-0.25, -0.2) is 0 Å². The van der Waals surface area contributed by atoms with Gasteiger partial charge in [0.05, 0.1) is 6.61 Å². The number of hydrogen-bond acceptors (Lipinski definition) is 3. The number of Topliss-reactive ketones (excluding diaryl/α,β-unsaturated/α-hetero) is 1. The van der Waals surface area contributed by atoms with Gasteiger partial charge in [0.15, 0.2) is 0 Å². The highest BCUT2D eigenvalue weighted by Gasteiger charge is 2.41. The summed E-state index contributed by atoms with van der Waals surface area (Å²) >= 11 is 0. The number of esters is 1. The lowest BCUT2D eigenvalue weighted by molar-refractivity contribution is -0.151. The molecule has 0 N–H and O–H groups in total. The molecule has 3 nitrogen and oxygen atoms in total. The Morgan fingerprint density at radius 1 is 1.64 bits per heavy atom. The summed E-state index contributed by atoms with van der Waals surface area (Å²) in [4.78, 5) is 22.9. The van der Waals surface area contributed by atoms with E-state index in [4.69, 9.17) is 4.74 Å². The van der Waals surface area contributed by atoms with Crippen molar-refractivity contribution in [2.24, 2.45) is 11.8 Å². The Morgan fingerprint density at radius 2 is 2.29 bits per heavy atom. The van der Waals surface area contributed by atoms with Crippen molar-refractivity contribution in [2.75, 3.05) is 6.61 Å². The predicted molar refractivity (Wildman–Crippen MR) is 52.7 cm³/mol. The molecule has 3 heteroatoms. The molecule has 0 amide bonds. The van der Waals surface area contributed by atoms with E-state index in [1.54, 1.807) is 6.92 Å². The smallest absolute Gasteiger partial charge is 0.317 e. The molecule has 2 unspecified atom stereocenters. The van der Waals surface area contributed by atoms with Crippen molar-refractivity contribution in [3.8, 4) is 0 Å². The fourth-order valence-corrected chi connectivity index (χ4v) is 1.90. The normalized spacial score (nSPS) is 26.3. The van der Waals surface area contributed by atoms with Crippen LogP contribution in [0.2, 0.25) is 0 Å². The first-order valence-electron chi connectivity index (χ1n) is 4.92. The maximum atomic E-state index is 11.5. The van der Waals surface area contributed by atoms with E-state index >= 15 is 0 Å². The highest BCUT2D eigenvalue weighted by atomic mass is 16.5. The van der Waals surface area contributed by atoms with Crippen LogP contribution in [-0.4, -0.2) is 18.4 Å². The molecule has 0 heterocycles. The van der Waals surface area contributed by atoms with Gasteiger partial charge in [-0.15, -0.1) is 0 Å². The van der Waals surface area contributed by atoms with Crippen LogP contribution in [0.15, 0.2) is 12.2 Å². The second kappa shape index (κ2) is 4.40. The van der Waals surface area contributed by atoms with E-state index in [1.807, 2.05) is 6.92 Å². The Bertz CT molecular complexity index is 268. The van der Waals surface area contributed by atoms with Crippen LogP contribution in [0.25, 0.3) is 0 Å². The Labute approximate surface area is 84.1 Å². The van der Waals surface area contributed by atoms with Gasteiger partial charge in [0.1, 0.15) is 11.7 Å². The quantitative estimate of drug-likeness (QED) is 0.392. The van der Waals surface area contributed by atoms with E-state index < -0.39 is 5.92 Å². The summed E-state index contributed by atoms with van der Waals surface area (Å²) in [7, 11) is 0. The lowest BCUT2D eigenvalue weighted by Gasteiger charge is -2.16. The summed E-state index contributed by atoms with van der Waals surface area (Å²) in [6, 6.07) is 0. The molecule has 0 aromatic heterocycles. The van der Waals surface area contributed by atoms with Crippen LogP contribution < -0.4 is 0 Å². The van der Waals surface area contributed by atoms with E-state index in [9.17, 15) is 9.59 Å². The standard InChI is InChI=1S/C11H16O3/c1-4-14-11(13)10-8(7(2)3)5-6-9(10)12/h8,10H,2,4-6H2,1,3H3. The minimum Gasteiger partial charge on any atom is -0.465 e. The van der Waals surface area contributed by atoms with Crippen molar-refractivity contribution in [3.05, 3.63) is 12.2 Å². The molecule has 0 aromatic carbocycles. The summed E-state index contributed by atoms with van der Waals surface area (Å²) in [5, 5.41) is 0. The van der Waals surface area contributed by atoms with Crippen molar-refractivity contribution < 1.29 is 14.3 Å². The van der Waals surface area contributed by atoms with E-state index in [0.717, 1.165) is 12.0 Å². The highest BCUT2D eigenvalue weighted by molar-refractivity contribution is 6.01. The van der Waals surface area contributed by atoms with Crippen molar-refractivity contribution >= 4 is 11.8 Å². The van der Waals surface area contributed by atoms with Crippen molar-refractivity contribution in [3.63, 3.8) is 0 Å². The zero-order valence-electron chi connectivity index (χ0n) is 8.71. The number of hydrogen-bond donors (Lipinski definition) is 0. The Balaban J connectivity index is 2.76. The molecule has 0 aromatic rings. The molecular weight excluding hydrogens is 180 g/mol. The maximum Gasteiger partial charge on any atom is 0.317 e. The summed E-state index contributed by atoms with van der Waals surface area (Å²) in [6.45, 7) is 7.73. The van der Waals surface area contributed by atoms with Crippen molar-refractivity contribution in [2.45, 2.75) is 26.7 Å². The van der Waals surface area contributed by atoms with Crippen LogP contribution in [0, 0.1) is 11.8 Å². The molecule has 0 spiro atoms. The van der Waals surface area contributed by atoms with Crippen LogP contribution in [0.1, 0.15) is 26.7 Å². The van der Waals surface area contributed by atoms with Gasteiger partial charge in [-0.05, 0) is 26.2 Å². The predicted octanol–water partition coefficient (Wildman–Crippen LogP) is 1.72. The molecule has 14 heavy (non-hydrogen) atoms. The third-order valence-electron chi connectivity index (χ3n) is 2.62. The lowest BCUT2D eigenvalue weighted by atomic mass is 9.90. The molecule has 78 valence electrons. The van der Waals surface area contributed by atoms with Crippen LogP contribution in [0.3, 0.4) is 0 Å². The molecule has 1 saturated carbocycles. The number of rotatable bonds is 3. The molecule has 1 aliphatic carbocycles. The molecule has 1 rings (SSSR count). The number of ketones is 1. The van der Waals surface area contributed by atoms with Gasteiger partial charge in [0.2, 0.25) is 0 Å². The van der Waals surface area contributed by atoms with Crippen LogP contribution in [0.4, 0.5) is 0 Å². The Kier molecular flexibility index (Phi) is 3.44. The molecular formula is C11H16O3. The SMILES string of the molecule is C=C(C)C1CCC(=O)C1C(=O)OCC. The Morgan fingerprint density at radius 3 is 2.79 bits per heavy atom. The number of carbonyl (C=O) groups is 2. The average molecular weight is 196 g/mol. The zero-order valence-corrected chi connectivity index (χ0v) is 8.71. The summed E-state index contributed by atoms with van der Waals surface area (Å²) < 4.78 is 4.88. The van der Waals surface area contributed by atoms with Crippen LogP contribution >= 0.6 is 0 Å². The molecule has 0 saturated heterocycles. The summed E-state index contributed by atoms with van der Waals surface area (Å²) in [5.41, 5.74) is 0.897. The first-order valence-corrected chi connectivity index (χ1v) is 4.92. The summed E-state index contributed by atoms with van der Waals surface area (Å²) in [5.74, 6) is -0.992. The van der Waals surface area contributed by atoms with Crippen molar-refractivity contribution in [1.82, 2.24) is 0 Å². The van der Waals surface area contributed by atoms with Gasteiger partial charge >= 0.3 is 5.97 Å². The van der Waals surface area contributed by atoms with Crippen LogP contribution in [-0.2, 0) is 14.3 Å². The topological polar surface area (TPSA) is 43.4 Å². The van der Waals surface area contributed by atoms with Gasteiger partial charge < -0.3 is 4.74 Å². The minimum absolute atomic E-state index is 0.00329. The second-order valence-electron chi connectivity index (χ2n) is 3.69. The summed E-state index contributed by atoms with van der Waals surface area (Å²) in [6.07, 6.45) is 1.21. The van der Waals surface area contributed by atoms with Crippen molar-refractivity contribution in [1.29, 1.82) is 0 Å². The molecule has 0 radical (unpaired) electrons. The number of allylic oxidation sites excluding steroid dienone is 1. The highest BCUT2D eigenvalue weighted by Crippen LogP contribution is 2.34. The maximum absolute atomic E-state index is 11.5. The molecule has 1 fully saturated rings. The number of ether oxygens (including phenoxy) is 1. The fraction of sp³-hybridized carbons (Fsp3) is 0.636. The lowest BCUT2D eigenvalue weighted by Crippen LogP contribution is -2.27. The fourth-order valence-electron chi connectivity index (χ4n) is 1.90. The molecule has 0 aliphatic heterocycles. The molecule has 1 aliphatic rings. The van der Waals surface area contributed by atoms with Gasteiger partial charge in [-0.3, -0.25) is 9.59 Å². The zero-order chi connectivity index (χ0) is 10.7. The van der Waals surface area contributed by atoms with E-state index in [-0.39, 0.29) is 17.7 Å². The largest absolute Gasteiger partial charge is 0.465 e. The third kappa shape index (κ3) is 2.03. The first kappa shape index (κ1) is 11.0. The van der Waals surface area contributed by atoms with Gasteiger partial charge in [-0.2, -0.15) is 0 Å². The van der Waals surface area contributed by atoms with E-state index in [0.29, 0.717) is 13.0 Å². The van der Waals surface area contributed by atoms with Gasteiger partial charge in [-0.1, -0.05) is 12.2 Å². The minimum atomic E-state index is -0.590. The second-order valence-corrected chi connectivity index (χ2v) is 3.69. The van der Waals surface area contributed by atoms with Gasteiger partial charge in [0.25, 0.3) is 0 Å².